The molecular formula is C22H28N4O2. The monoisotopic (exact) mass is 380 g/mol. The predicted octanol–water partition coefficient (Wildman–Crippen LogP) is 2.64. The molecule has 0 saturated carbocycles. The van der Waals surface area contributed by atoms with E-state index in [4.69, 9.17) is 9.73 Å². The minimum Gasteiger partial charge on any atom is -0.493 e. The number of hydrogen-bond acceptors (Lipinski definition) is 3. The number of likely N-dealkylation sites (N-methyl/N-ethyl adjacent to an activating group) is 1. The van der Waals surface area contributed by atoms with Gasteiger partial charge >= 0.3 is 0 Å². The number of benzene rings is 2. The summed E-state index contributed by atoms with van der Waals surface area (Å²) in [5.74, 6) is 1.52. The molecule has 1 heterocycles. The number of rotatable bonds is 5. The summed E-state index contributed by atoms with van der Waals surface area (Å²) in [7, 11) is 3.49. The molecule has 1 atom stereocenters. The lowest BCUT2D eigenvalue weighted by Crippen LogP contribution is -2.45. The van der Waals surface area contributed by atoms with Crippen molar-refractivity contribution in [3.8, 4) is 5.75 Å². The number of carbonyl (C=O) groups excluding carboxylic acids is 1. The molecule has 1 unspecified atom stereocenters. The van der Waals surface area contributed by atoms with Crippen LogP contribution in [0.5, 0.6) is 5.75 Å². The van der Waals surface area contributed by atoms with Gasteiger partial charge in [0, 0.05) is 26.1 Å². The largest absolute Gasteiger partial charge is 0.493 e. The Balaban J connectivity index is 1.76. The van der Waals surface area contributed by atoms with Crippen molar-refractivity contribution in [3.63, 3.8) is 0 Å². The zero-order chi connectivity index (χ0) is 19.9. The third-order valence-electron chi connectivity index (χ3n) is 4.68. The molecule has 6 nitrogen and oxygen atoms in total. The Morgan fingerprint density at radius 2 is 2.04 bits per heavy atom. The van der Waals surface area contributed by atoms with Gasteiger partial charge in [-0.2, -0.15) is 0 Å². The van der Waals surface area contributed by atoms with Crippen molar-refractivity contribution in [2.24, 2.45) is 4.99 Å². The van der Waals surface area contributed by atoms with E-state index in [2.05, 4.69) is 41.8 Å². The zero-order valence-corrected chi connectivity index (χ0v) is 16.7. The molecule has 1 aliphatic heterocycles. The summed E-state index contributed by atoms with van der Waals surface area (Å²) >= 11 is 0. The van der Waals surface area contributed by atoms with Gasteiger partial charge in [0.15, 0.2) is 5.96 Å². The Bertz CT molecular complexity index is 848. The highest BCUT2D eigenvalue weighted by atomic mass is 16.5. The number of para-hydroxylation sites is 1. The number of fused-ring (bicyclic) bond motifs is 1. The SMILES string of the molecule is Cc1cccc(CN=C(NCC(=O)N(C)C)NC2CCOc3ccccc32)c1. The van der Waals surface area contributed by atoms with E-state index >= 15 is 0 Å². The third kappa shape index (κ3) is 5.25. The van der Waals surface area contributed by atoms with Crippen LogP contribution in [0.3, 0.4) is 0 Å². The summed E-state index contributed by atoms with van der Waals surface area (Å²) in [6.07, 6.45) is 0.837. The van der Waals surface area contributed by atoms with E-state index in [1.54, 1.807) is 19.0 Å². The quantitative estimate of drug-likeness (QED) is 0.618. The lowest BCUT2D eigenvalue weighted by atomic mass is 10.0. The first kappa shape index (κ1) is 19.7. The van der Waals surface area contributed by atoms with E-state index in [9.17, 15) is 4.79 Å². The van der Waals surface area contributed by atoms with Crippen LogP contribution in [0, 0.1) is 6.92 Å². The normalized spacial score (nSPS) is 16.0. The summed E-state index contributed by atoms with van der Waals surface area (Å²) in [5.41, 5.74) is 3.45. The van der Waals surface area contributed by atoms with Gasteiger partial charge in [-0.05, 0) is 18.6 Å². The topological polar surface area (TPSA) is 66.0 Å². The third-order valence-corrected chi connectivity index (χ3v) is 4.68. The number of amides is 1. The number of aliphatic imine (C=N–C) groups is 1. The minimum absolute atomic E-state index is 0.00238. The highest BCUT2D eigenvalue weighted by Crippen LogP contribution is 2.31. The van der Waals surface area contributed by atoms with Gasteiger partial charge in [0.1, 0.15) is 5.75 Å². The van der Waals surface area contributed by atoms with Crippen molar-refractivity contribution in [2.45, 2.75) is 25.9 Å². The van der Waals surface area contributed by atoms with Gasteiger partial charge in [-0.1, -0.05) is 48.0 Å². The molecule has 2 N–H and O–H groups in total. The smallest absolute Gasteiger partial charge is 0.241 e. The number of nitrogens with one attached hydrogen (secondary N) is 2. The zero-order valence-electron chi connectivity index (χ0n) is 16.7. The Kier molecular flexibility index (Phi) is 6.53. The lowest BCUT2D eigenvalue weighted by molar-refractivity contribution is -0.127. The molecule has 0 bridgehead atoms. The molecule has 3 rings (SSSR count). The standard InChI is InChI=1S/C22H28N4O2/c1-16-7-6-8-17(13-16)14-23-22(24-15-21(27)26(2)3)25-19-11-12-28-20-10-5-4-9-18(19)20/h4-10,13,19H,11-12,14-15H2,1-3H3,(H2,23,24,25). The first-order valence-electron chi connectivity index (χ1n) is 9.55. The second-order valence-corrected chi connectivity index (χ2v) is 7.17. The van der Waals surface area contributed by atoms with Gasteiger partial charge in [-0.3, -0.25) is 4.79 Å². The molecule has 1 aliphatic rings. The number of carbonyl (C=O) groups is 1. The summed E-state index contributed by atoms with van der Waals surface area (Å²) in [5, 5.41) is 6.65. The van der Waals surface area contributed by atoms with Gasteiger partial charge in [0.05, 0.1) is 25.7 Å². The van der Waals surface area contributed by atoms with Gasteiger partial charge in [-0.25, -0.2) is 4.99 Å². The molecule has 0 aliphatic carbocycles. The number of hydrogen-bond donors (Lipinski definition) is 2. The van der Waals surface area contributed by atoms with Crippen molar-refractivity contribution < 1.29 is 9.53 Å². The summed E-state index contributed by atoms with van der Waals surface area (Å²) in [4.78, 5) is 18.3. The van der Waals surface area contributed by atoms with Crippen molar-refractivity contribution in [2.75, 3.05) is 27.2 Å². The van der Waals surface area contributed by atoms with Crippen LogP contribution < -0.4 is 15.4 Å². The second-order valence-electron chi connectivity index (χ2n) is 7.17. The van der Waals surface area contributed by atoms with Gasteiger partial charge in [-0.15, -0.1) is 0 Å². The van der Waals surface area contributed by atoms with E-state index in [0.717, 1.165) is 23.3 Å². The lowest BCUT2D eigenvalue weighted by Gasteiger charge is -2.28. The van der Waals surface area contributed by atoms with E-state index in [-0.39, 0.29) is 18.5 Å². The molecular weight excluding hydrogens is 352 g/mol. The minimum atomic E-state index is -0.00238. The fraction of sp³-hybridized carbons (Fsp3) is 0.364. The van der Waals surface area contributed by atoms with Crippen LogP contribution >= 0.6 is 0 Å². The van der Waals surface area contributed by atoms with Crippen molar-refractivity contribution in [3.05, 3.63) is 65.2 Å². The Labute approximate surface area is 166 Å². The summed E-state index contributed by atoms with van der Waals surface area (Å²) in [6.45, 7) is 3.45. The fourth-order valence-electron chi connectivity index (χ4n) is 3.11. The maximum Gasteiger partial charge on any atom is 0.241 e. The molecule has 0 aromatic heterocycles. The summed E-state index contributed by atoms with van der Waals surface area (Å²) in [6, 6.07) is 16.4. The van der Waals surface area contributed by atoms with E-state index in [1.165, 1.54) is 5.56 Å². The van der Waals surface area contributed by atoms with E-state index in [0.29, 0.717) is 19.1 Å². The van der Waals surface area contributed by atoms with Crippen molar-refractivity contribution >= 4 is 11.9 Å². The van der Waals surface area contributed by atoms with Crippen LogP contribution in [0.25, 0.3) is 0 Å². The highest BCUT2D eigenvalue weighted by Gasteiger charge is 2.22. The number of guanidine groups is 1. The highest BCUT2D eigenvalue weighted by molar-refractivity contribution is 5.86. The van der Waals surface area contributed by atoms with Crippen LogP contribution in [0.15, 0.2) is 53.5 Å². The van der Waals surface area contributed by atoms with Gasteiger partial charge in [0.2, 0.25) is 5.91 Å². The average Bonchev–Trinajstić information content (AvgIpc) is 2.70. The molecule has 0 radical (unpaired) electrons. The fourth-order valence-corrected chi connectivity index (χ4v) is 3.11. The van der Waals surface area contributed by atoms with Gasteiger partial charge in [0.25, 0.3) is 0 Å². The number of ether oxygens (including phenoxy) is 1. The molecule has 28 heavy (non-hydrogen) atoms. The Morgan fingerprint density at radius 3 is 2.82 bits per heavy atom. The van der Waals surface area contributed by atoms with Crippen LogP contribution in [0.2, 0.25) is 0 Å². The molecule has 2 aromatic carbocycles. The predicted molar refractivity (Wildman–Crippen MR) is 111 cm³/mol. The summed E-state index contributed by atoms with van der Waals surface area (Å²) < 4.78 is 5.75. The average molecular weight is 380 g/mol. The molecule has 6 heteroatoms. The Morgan fingerprint density at radius 1 is 1.21 bits per heavy atom. The maximum absolute atomic E-state index is 12.0. The molecule has 1 amide bonds. The number of aryl methyl sites for hydroxylation is 1. The van der Waals surface area contributed by atoms with Crippen LogP contribution in [0.1, 0.15) is 29.2 Å². The molecule has 0 spiro atoms. The molecule has 2 aromatic rings. The maximum atomic E-state index is 12.0. The molecule has 0 fully saturated rings. The van der Waals surface area contributed by atoms with Crippen LogP contribution in [0.4, 0.5) is 0 Å². The van der Waals surface area contributed by atoms with E-state index < -0.39 is 0 Å². The van der Waals surface area contributed by atoms with Crippen LogP contribution in [-0.4, -0.2) is 44.0 Å². The molecule has 148 valence electrons. The Hall–Kier alpha value is -3.02. The van der Waals surface area contributed by atoms with E-state index in [1.807, 2.05) is 24.3 Å². The van der Waals surface area contributed by atoms with Gasteiger partial charge < -0.3 is 20.3 Å². The first-order chi connectivity index (χ1) is 13.5. The second kappa shape index (κ2) is 9.26. The molecule has 0 saturated heterocycles. The number of nitrogens with zero attached hydrogens (tertiary/aromatic N) is 2. The first-order valence-corrected chi connectivity index (χ1v) is 9.55. The van der Waals surface area contributed by atoms with Crippen molar-refractivity contribution in [1.82, 2.24) is 15.5 Å². The van der Waals surface area contributed by atoms with Crippen molar-refractivity contribution in [1.29, 1.82) is 0 Å². The van der Waals surface area contributed by atoms with Crippen LogP contribution in [-0.2, 0) is 11.3 Å².